The zero-order valence-corrected chi connectivity index (χ0v) is 10.9. The number of benzene rings is 1. The molecule has 0 aliphatic carbocycles. The van der Waals surface area contributed by atoms with Gasteiger partial charge in [0.25, 0.3) is 0 Å². The van der Waals surface area contributed by atoms with Gasteiger partial charge in [-0.2, -0.15) is 0 Å². The molecule has 3 nitrogen and oxygen atoms in total. The Kier molecular flexibility index (Phi) is 3.99. The van der Waals surface area contributed by atoms with Crippen molar-refractivity contribution in [2.24, 2.45) is 5.73 Å². The monoisotopic (exact) mass is 265 g/mol. The van der Waals surface area contributed by atoms with Crippen LogP contribution in [0.3, 0.4) is 0 Å². The predicted octanol–water partition coefficient (Wildman–Crippen LogP) is 3.05. The molecule has 0 fully saturated rings. The average molecular weight is 266 g/mol. The van der Waals surface area contributed by atoms with Gasteiger partial charge >= 0.3 is 0 Å². The Balaban J connectivity index is 2.33. The van der Waals surface area contributed by atoms with Crippen molar-refractivity contribution in [3.63, 3.8) is 0 Å². The minimum Gasteiger partial charge on any atom is -0.326 e. The van der Waals surface area contributed by atoms with Crippen molar-refractivity contribution >= 4 is 23.4 Å². The van der Waals surface area contributed by atoms with Crippen LogP contribution in [-0.4, -0.2) is 9.97 Å². The summed E-state index contributed by atoms with van der Waals surface area (Å²) in [4.78, 5) is 9.55. The van der Waals surface area contributed by atoms with E-state index in [4.69, 9.17) is 17.3 Å². The highest BCUT2D eigenvalue weighted by atomic mass is 35.5. The standard InChI is InChI=1S/C12H12ClN3S/c1-8-5-6-15-12(16-8)17-11-4-2-3-10(13)9(11)7-14/h2-6H,7,14H2,1H3. The average Bonchev–Trinajstić information content (AvgIpc) is 2.29. The van der Waals surface area contributed by atoms with Crippen LogP contribution >= 0.6 is 23.4 Å². The van der Waals surface area contributed by atoms with Crippen LogP contribution in [0.5, 0.6) is 0 Å². The molecule has 0 saturated heterocycles. The first-order valence-corrected chi connectivity index (χ1v) is 6.35. The van der Waals surface area contributed by atoms with Crippen molar-refractivity contribution in [1.29, 1.82) is 0 Å². The zero-order valence-electron chi connectivity index (χ0n) is 9.35. The first-order chi connectivity index (χ1) is 8.20. The maximum absolute atomic E-state index is 6.09. The van der Waals surface area contributed by atoms with Gasteiger partial charge in [0, 0.05) is 28.4 Å². The summed E-state index contributed by atoms with van der Waals surface area (Å²) in [5, 5.41) is 1.40. The van der Waals surface area contributed by atoms with Crippen LogP contribution < -0.4 is 5.73 Å². The molecule has 5 heteroatoms. The highest BCUT2D eigenvalue weighted by molar-refractivity contribution is 7.99. The van der Waals surface area contributed by atoms with E-state index in [-0.39, 0.29) is 0 Å². The molecule has 1 aromatic heterocycles. The number of aryl methyl sites for hydroxylation is 1. The molecule has 2 N–H and O–H groups in total. The molecule has 2 aromatic rings. The number of rotatable bonds is 3. The Bertz CT molecular complexity index is 531. The molecular weight excluding hydrogens is 254 g/mol. The van der Waals surface area contributed by atoms with Crippen LogP contribution in [0.2, 0.25) is 5.02 Å². The summed E-state index contributed by atoms with van der Waals surface area (Å²) in [6.45, 7) is 2.35. The minimum atomic E-state index is 0.411. The predicted molar refractivity (Wildman–Crippen MR) is 70.2 cm³/mol. The molecule has 0 unspecified atom stereocenters. The molecule has 1 heterocycles. The van der Waals surface area contributed by atoms with E-state index < -0.39 is 0 Å². The number of aromatic nitrogens is 2. The van der Waals surface area contributed by atoms with Crippen molar-refractivity contribution in [3.05, 3.63) is 46.7 Å². The highest BCUT2D eigenvalue weighted by Gasteiger charge is 2.08. The molecule has 0 radical (unpaired) electrons. The maximum Gasteiger partial charge on any atom is 0.192 e. The van der Waals surface area contributed by atoms with Crippen molar-refractivity contribution in [2.75, 3.05) is 0 Å². The molecule has 0 saturated carbocycles. The second kappa shape index (κ2) is 5.49. The van der Waals surface area contributed by atoms with E-state index in [9.17, 15) is 0 Å². The highest BCUT2D eigenvalue weighted by Crippen LogP contribution is 2.31. The first kappa shape index (κ1) is 12.4. The van der Waals surface area contributed by atoms with Crippen LogP contribution in [0, 0.1) is 6.92 Å². The van der Waals surface area contributed by atoms with Crippen LogP contribution in [0.4, 0.5) is 0 Å². The molecule has 1 aromatic carbocycles. The molecular formula is C12H12ClN3S. The Labute approximate surface area is 109 Å². The van der Waals surface area contributed by atoms with E-state index in [0.29, 0.717) is 16.7 Å². The van der Waals surface area contributed by atoms with Crippen molar-refractivity contribution in [2.45, 2.75) is 23.5 Å². The van der Waals surface area contributed by atoms with E-state index in [1.807, 2.05) is 31.2 Å². The number of halogens is 1. The van der Waals surface area contributed by atoms with Crippen molar-refractivity contribution < 1.29 is 0 Å². The van der Waals surface area contributed by atoms with E-state index in [1.165, 1.54) is 11.8 Å². The lowest BCUT2D eigenvalue weighted by atomic mass is 10.2. The fraction of sp³-hybridized carbons (Fsp3) is 0.167. The van der Waals surface area contributed by atoms with Gasteiger partial charge in [-0.15, -0.1) is 0 Å². The maximum atomic E-state index is 6.09. The summed E-state index contributed by atoms with van der Waals surface area (Å²) in [5.74, 6) is 0. The van der Waals surface area contributed by atoms with Crippen LogP contribution in [-0.2, 0) is 6.54 Å². The third-order valence-electron chi connectivity index (χ3n) is 2.25. The lowest BCUT2D eigenvalue weighted by Gasteiger charge is -2.08. The summed E-state index contributed by atoms with van der Waals surface area (Å²) in [5.41, 5.74) is 7.57. The minimum absolute atomic E-state index is 0.411. The smallest absolute Gasteiger partial charge is 0.192 e. The van der Waals surface area contributed by atoms with Gasteiger partial charge in [0.05, 0.1) is 0 Å². The van der Waals surface area contributed by atoms with Gasteiger partial charge in [-0.25, -0.2) is 9.97 Å². The molecule has 0 atom stereocenters. The largest absolute Gasteiger partial charge is 0.326 e. The molecule has 2 rings (SSSR count). The molecule has 0 amide bonds. The Morgan fingerprint density at radius 1 is 1.35 bits per heavy atom. The lowest BCUT2D eigenvalue weighted by molar-refractivity contribution is 0.928. The number of nitrogens with zero attached hydrogens (tertiary/aromatic N) is 2. The Hall–Kier alpha value is -1.10. The summed E-state index contributed by atoms with van der Waals surface area (Å²) in [6, 6.07) is 7.58. The van der Waals surface area contributed by atoms with E-state index in [0.717, 1.165) is 16.2 Å². The van der Waals surface area contributed by atoms with Gasteiger partial charge in [-0.1, -0.05) is 17.7 Å². The molecule has 17 heavy (non-hydrogen) atoms. The molecule has 0 aliphatic heterocycles. The third-order valence-corrected chi connectivity index (χ3v) is 3.59. The quantitative estimate of drug-likeness (QED) is 0.867. The van der Waals surface area contributed by atoms with Gasteiger partial charge in [0.15, 0.2) is 5.16 Å². The summed E-state index contributed by atoms with van der Waals surface area (Å²) in [6.07, 6.45) is 1.75. The second-order valence-corrected chi connectivity index (χ2v) is 4.92. The van der Waals surface area contributed by atoms with Gasteiger partial charge in [0.2, 0.25) is 0 Å². The van der Waals surface area contributed by atoms with Crippen LogP contribution in [0.25, 0.3) is 0 Å². The SMILES string of the molecule is Cc1ccnc(Sc2cccc(Cl)c2CN)n1. The van der Waals surface area contributed by atoms with Gasteiger partial charge in [-0.05, 0) is 42.4 Å². The fourth-order valence-electron chi connectivity index (χ4n) is 1.41. The first-order valence-electron chi connectivity index (χ1n) is 5.15. The Morgan fingerprint density at radius 3 is 2.88 bits per heavy atom. The fourth-order valence-corrected chi connectivity index (χ4v) is 2.68. The summed E-state index contributed by atoms with van der Waals surface area (Å²) >= 11 is 7.57. The van der Waals surface area contributed by atoms with Crippen molar-refractivity contribution in [3.8, 4) is 0 Å². The molecule has 0 aliphatic rings. The van der Waals surface area contributed by atoms with Crippen LogP contribution in [0.1, 0.15) is 11.3 Å². The van der Waals surface area contributed by atoms with Crippen molar-refractivity contribution in [1.82, 2.24) is 9.97 Å². The van der Waals surface area contributed by atoms with Gasteiger partial charge in [-0.3, -0.25) is 0 Å². The van der Waals surface area contributed by atoms with Gasteiger partial charge < -0.3 is 5.73 Å². The van der Waals surface area contributed by atoms with E-state index >= 15 is 0 Å². The Morgan fingerprint density at radius 2 is 2.18 bits per heavy atom. The normalized spacial score (nSPS) is 10.5. The molecule has 0 bridgehead atoms. The van der Waals surface area contributed by atoms with Gasteiger partial charge in [0.1, 0.15) is 0 Å². The van der Waals surface area contributed by atoms with E-state index in [2.05, 4.69) is 9.97 Å². The topological polar surface area (TPSA) is 51.8 Å². The second-order valence-electron chi connectivity index (χ2n) is 3.50. The zero-order chi connectivity index (χ0) is 12.3. The lowest BCUT2D eigenvalue weighted by Crippen LogP contribution is -1.99. The van der Waals surface area contributed by atoms with E-state index in [1.54, 1.807) is 6.20 Å². The molecule has 88 valence electrons. The molecule has 0 spiro atoms. The third kappa shape index (κ3) is 2.97. The number of hydrogen-bond donors (Lipinski definition) is 1. The summed E-state index contributed by atoms with van der Waals surface area (Å²) in [7, 11) is 0. The number of nitrogens with two attached hydrogens (primary N) is 1. The van der Waals surface area contributed by atoms with Crippen LogP contribution in [0.15, 0.2) is 40.5 Å². The summed E-state index contributed by atoms with van der Waals surface area (Å²) < 4.78 is 0. The number of hydrogen-bond acceptors (Lipinski definition) is 4.